The van der Waals surface area contributed by atoms with Gasteiger partial charge in [0.2, 0.25) is 5.91 Å². The van der Waals surface area contributed by atoms with Crippen molar-refractivity contribution in [2.24, 2.45) is 11.5 Å². The zero-order chi connectivity index (χ0) is 8.59. The first-order chi connectivity index (χ1) is 5.04. The highest BCUT2D eigenvalue weighted by Gasteiger charge is 2.34. The number of carbonyl (C=O) groups excluding carboxylic acids is 2. The molecule has 2 atom stereocenters. The van der Waals surface area contributed by atoms with Gasteiger partial charge in [0.25, 0.3) is 0 Å². The summed E-state index contributed by atoms with van der Waals surface area (Å²) in [5, 5.41) is 2.05. The molecule has 1 aliphatic heterocycles. The Morgan fingerprint density at radius 1 is 1.45 bits per heavy atom. The van der Waals surface area contributed by atoms with E-state index in [1.807, 2.05) is 0 Å². The number of imide groups is 1. The van der Waals surface area contributed by atoms with E-state index in [9.17, 15) is 9.59 Å². The highest BCUT2D eigenvalue weighted by atomic mass is 16.2. The summed E-state index contributed by atoms with van der Waals surface area (Å²) in [5.74, 6) is -0.527. The summed E-state index contributed by atoms with van der Waals surface area (Å²) in [7, 11) is 1.48. The van der Waals surface area contributed by atoms with E-state index in [0.29, 0.717) is 0 Å². The van der Waals surface area contributed by atoms with E-state index in [1.54, 1.807) is 0 Å². The highest BCUT2D eigenvalue weighted by molar-refractivity contribution is 5.99. The second kappa shape index (κ2) is 2.48. The lowest BCUT2D eigenvalue weighted by Crippen LogP contribution is -2.67. The molecule has 6 heteroatoms. The number of nitrogens with two attached hydrogens (primary N) is 2. The van der Waals surface area contributed by atoms with Crippen LogP contribution in [0.4, 0.5) is 4.79 Å². The minimum atomic E-state index is -0.835. The van der Waals surface area contributed by atoms with Crippen LogP contribution in [-0.2, 0) is 4.79 Å². The third-order valence-electron chi connectivity index (χ3n) is 1.67. The van der Waals surface area contributed by atoms with Crippen LogP contribution in [0.25, 0.3) is 0 Å². The van der Waals surface area contributed by atoms with Gasteiger partial charge in [-0.1, -0.05) is 0 Å². The minimum absolute atomic E-state index is 0.510. The van der Waals surface area contributed by atoms with Crippen LogP contribution in [0.3, 0.4) is 0 Å². The average molecular weight is 158 g/mol. The van der Waals surface area contributed by atoms with Crippen LogP contribution in [0.15, 0.2) is 0 Å². The lowest BCUT2D eigenvalue weighted by atomic mass is 10.2. The van der Waals surface area contributed by atoms with E-state index < -0.39 is 24.1 Å². The van der Waals surface area contributed by atoms with Crippen molar-refractivity contribution in [3.8, 4) is 0 Å². The van der Waals surface area contributed by atoms with Crippen LogP contribution in [-0.4, -0.2) is 36.1 Å². The van der Waals surface area contributed by atoms with Crippen molar-refractivity contribution in [3.63, 3.8) is 0 Å². The fourth-order valence-corrected chi connectivity index (χ4v) is 0.808. The molecule has 0 radical (unpaired) electrons. The summed E-state index contributed by atoms with van der Waals surface area (Å²) >= 11 is 0. The SMILES string of the molecule is CN1C(=O)NC(=O)C(N)C1N. The van der Waals surface area contributed by atoms with Crippen molar-refractivity contribution in [3.05, 3.63) is 0 Å². The molecule has 1 saturated heterocycles. The molecule has 62 valence electrons. The quantitative estimate of drug-likeness (QED) is 0.371. The van der Waals surface area contributed by atoms with Crippen LogP contribution in [0, 0.1) is 0 Å². The van der Waals surface area contributed by atoms with Crippen molar-refractivity contribution in [1.82, 2.24) is 10.2 Å². The van der Waals surface area contributed by atoms with Gasteiger partial charge in [-0.3, -0.25) is 10.1 Å². The molecule has 0 bridgehead atoms. The molecule has 1 heterocycles. The minimum Gasteiger partial charge on any atom is -0.317 e. The molecule has 11 heavy (non-hydrogen) atoms. The smallest absolute Gasteiger partial charge is 0.317 e. The summed E-state index contributed by atoms with van der Waals surface area (Å²) in [6.07, 6.45) is -0.726. The molecule has 0 aliphatic carbocycles. The van der Waals surface area contributed by atoms with E-state index in [1.165, 1.54) is 11.9 Å². The lowest BCUT2D eigenvalue weighted by Gasteiger charge is -2.33. The van der Waals surface area contributed by atoms with E-state index in [2.05, 4.69) is 5.32 Å². The Bertz CT molecular complexity index is 185. The number of nitrogens with zero attached hydrogens (tertiary/aromatic N) is 1. The van der Waals surface area contributed by atoms with Gasteiger partial charge in [0.05, 0.1) is 0 Å². The van der Waals surface area contributed by atoms with Gasteiger partial charge in [0.15, 0.2) is 0 Å². The van der Waals surface area contributed by atoms with Crippen LogP contribution >= 0.6 is 0 Å². The van der Waals surface area contributed by atoms with Crippen molar-refractivity contribution in [1.29, 1.82) is 0 Å². The van der Waals surface area contributed by atoms with Gasteiger partial charge in [-0.05, 0) is 0 Å². The van der Waals surface area contributed by atoms with E-state index in [4.69, 9.17) is 11.5 Å². The molecule has 0 aromatic carbocycles. The maximum atomic E-state index is 10.8. The normalized spacial score (nSPS) is 32.1. The Kier molecular flexibility index (Phi) is 1.79. The van der Waals surface area contributed by atoms with E-state index >= 15 is 0 Å². The zero-order valence-electron chi connectivity index (χ0n) is 6.07. The van der Waals surface area contributed by atoms with Gasteiger partial charge < -0.3 is 16.4 Å². The number of hydrogen-bond donors (Lipinski definition) is 3. The second-order valence-electron chi connectivity index (χ2n) is 2.42. The number of urea groups is 1. The number of likely N-dealkylation sites (N-methyl/N-ethyl adjacent to an activating group) is 1. The van der Waals surface area contributed by atoms with Gasteiger partial charge in [-0.2, -0.15) is 0 Å². The molecular weight excluding hydrogens is 148 g/mol. The molecular formula is C5H10N4O2. The van der Waals surface area contributed by atoms with Crippen LogP contribution in [0.2, 0.25) is 0 Å². The molecule has 6 nitrogen and oxygen atoms in total. The largest absolute Gasteiger partial charge is 0.325 e. The highest BCUT2D eigenvalue weighted by Crippen LogP contribution is 2.00. The summed E-state index contributed by atoms with van der Waals surface area (Å²) in [5.41, 5.74) is 10.8. The van der Waals surface area contributed by atoms with Crippen molar-refractivity contribution in [2.75, 3.05) is 7.05 Å². The number of hydrogen-bond acceptors (Lipinski definition) is 4. The predicted octanol–water partition coefficient (Wildman–Crippen LogP) is -2.22. The van der Waals surface area contributed by atoms with Crippen LogP contribution < -0.4 is 16.8 Å². The fourth-order valence-electron chi connectivity index (χ4n) is 0.808. The number of nitrogens with one attached hydrogen (secondary N) is 1. The molecule has 1 fully saturated rings. The summed E-state index contributed by atoms with van der Waals surface area (Å²) in [4.78, 5) is 22.8. The summed E-state index contributed by atoms with van der Waals surface area (Å²) in [6, 6.07) is -1.35. The Hall–Kier alpha value is -1.14. The topological polar surface area (TPSA) is 101 Å². The molecule has 0 aromatic rings. The van der Waals surface area contributed by atoms with Crippen molar-refractivity contribution < 1.29 is 9.59 Å². The average Bonchev–Trinajstić information content (AvgIpc) is 1.97. The molecule has 5 N–H and O–H groups in total. The fraction of sp³-hybridized carbons (Fsp3) is 0.600. The van der Waals surface area contributed by atoms with Gasteiger partial charge in [-0.15, -0.1) is 0 Å². The maximum Gasteiger partial charge on any atom is 0.325 e. The first-order valence-corrected chi connectivity index (χ1v) is 3.13. The van der Waals surface area contributed by atoms with E-state index in [0.717, 1.165) is 0 Å². The second-order valence-corrected chi connectivity index (χ2v) is 2.42. The summed E-state index contributed by atoms with van der Waals surface area (Å²) in [6.45, 7) is 0. The van der Waals surface area contributed by atoms with Crippen LogP contribution in [0.5, 0.6) is 0 Å². The predicted molar refractivity (Wildman–Crippen MR) is 37.3 cm³/mol. The maximum absolute atomic E-state index is 10.8. The molecule has 1 rings (SSSR count). The monoisotopic (exact) mass is 158 g/mol. The molecule has 0 saturated carbocycles. The first kappa shape index (κ1) is 7.96. The van der Waals surface area contributed by atoms with Gasteiger partial charge in [0.1, 0.15) is 12.2 Å². The van der Waals surface area contributed by atoms with Gasteiger partial charge >= 0.3 is 6.03 Å². The molecule has 2 unspecified atom stereocenters. The third-order valence-corrected chi connectivity index (χ3v) is 1.67. The Balaban J connectivity index is 2.78. The Morgan fingerprint density at radius 3 is 2.55 bits per heavy atom. The summed E-state index contributed by atoms with van der Waals surface area (Å²) < 4.78 is 0. The Labute approximate surface area is 63.5 Å². The third kappa shape index (κ3) is 1.17. The first-order valence-electron chi connectivity index (χ1n) is 3.13. The number of carbonyl (C=O) groups is 2. The lowest BCUT2D eigenvalue weighted by molar-refractivity contribution is -0.124. The number of amides is 3. The molecule has 3 amide bonds. The molecule has 0 spiro atoms. The zero-order valence-corrected chi connectivity index (χ0v) is 6.07. The molecule has 1 aliphatic rings. The molecule has 0 aromatic heterocycles. The number of rotatable bonds is 0. The van der Waals surface area contributed by atoms with Crippen molar-refractivity contribution >= 4 is 11.9 Å². The van der Waals surface area contributed by atoms with Gasteiger partial charge in [0, 0.05) is 7.05 Å². The standard InChI is InChI=1S/C5H10N4O2/c1-9-3(7)2(6)4(10)8-5(9)11/h2-3H,6-7H2,1H3,(H,8,10,11). The van der Waals surface area contributed by atoms with Gasteiger partial charge in [-0.25, -0.2) is 4.79 Å². The van der Waals surface area contributed by atoms with Crippen molar-refractivity contribution in [2.45, 2.75) is 12.2 Å². The van der Waals surface area contributed by atoms with E-state index in [-0.39, 0.29) is 0 Å². The Morgan fingerprint density at radius 2 is 2.00 bits per heavy atom. The van der Waals surface area contributed by atoms with Crippen LogP contribution in [0.1, 0.15) is 0 Å².